The first-order valence-corrected chi connectivity index (χ1v) is 6.48. The fraction of sp³-hybridized carbons (Fsp3) is 0.571. The van der Waals surface area contributed by atoms with Crippen LogP contribution in [0.1, 0.15) is 38.2 Å². The summed E-state index contributed by atoms with van der Waals surface area (Å²) >= 11 is 0. The maximum atomic E-state index is 13.1. The molecule has 2 heterocycles. The van der Waals surface area contributed by atoms with Gasteiger partial charge in [0, 0.05) is 25.2 Å². The largest absolute Gasteiger partial charge is 0.300 e. The van der Waals surface area contributed by atoms with Crippen LogP contribution in [0, 0.1) is 5.82 Å². The molecule has 1 unspecified atom stereocenters. The molecule has 0 amide bonds. The van der Waals surface area contributed by atoms with Crippen molar-refractivity contribution in [2.24, 2.45) is 0 Å². The molecule has 1 aromatic heterocycles. The number of Topliss-reactive ketones (excluding diaryl/α,β-unsaturated/α-hetero) is 1. The molecular weight excluding hydrogens is 231 g/mol. The lowest BCUT2D eigenvalue weighted by molar-refractivity contribution is -0.118. The summed E-state index contributed by atoms with van der Waals surface area (Å²) in [6.45, 7) is 3.30. The fourth-order valence-electron chi connectivity index (χ4n) is 2.61. The smallest absolute Gasteiger partial charge is 0.141 e. The summed E-state index contributed by atoms with van der Waals surface area (Å²) in [5, 5.41) is 0. The molecule has 0 radical (unpaired) electrons. The lowest BCUT2D eigenvalue weighted by atomic mass is 9.97. The normalized spacial score (nSPS) is 20.9. The van der Waals surface area contributed by atoms with Crippen molar-refractivity contribution in [2.45, 2.75) is 45.2 Å². The van der Waals surface area contributed by atoms with Gasteiger partial charge < -0.3 is 0 Å². The number of pyridine rings is 1. The third-order valence-corrected chi connectivity index (χ3v) is 3.42. The molecule has 0 aromatic carbocycles. The van der Waals surface area contributed by atoms with Crippen molar-refractivity contribution < 1.29 is 9.18 Å². The van der Waals surface area contributed by atoms with Crippen LogP contribution < -0.4 is 0 Å². The van der Waals surface area contributed by atoms with E-state index >= 15 is 0 Å². The summed E-state index contributed by atoms with van der Waals surface area (Å²) in [7, 11) is 0. The molecule has 1 aliphatic rings. The Kier molecular flexibility index (Phi) is 4.42. The van der Waals surface area contributed by atoms with E-state index in [2.05, 4.69) is 9.88 Å². The fourth-order valence-corrected chi connectivity index (χ4v) is 2.61. The standard InChI is InChI=1S/C14H19FN2O/c1-11(18)6-14-4-2-3-5-17(14)10-12-7-13(15)9-16-8-12/h7-9,14H,2-6,10H2,1H3. The van der Waals surface area contributed by atoms with E-state index in [1.807, 2.05) is 0 Å². The molecule has 4 heteroatoms. The third-order valence-electron chi connectivity index (χ3n) is 3.42. The van der Waals surface area contributed by atoms with Crippen LogP contribution in [0.2, 0.25) is 0 Å². The summed E-state index contributed by atoms with van der Waals surface area (Å²) in [5.74, 6) is -0.0723. The molecule has 0 N–H and O–H groups in total. The van der Waals surface area contributed by atoms with Crippen molar-refractivity contribution in [1.29, 1.82) is 0 Å². The van der Waals surface area contributed by atoms with Crippen LogP contribution in [0.25, 0.3) is 0 Å². The Morgan fingerprint density at radius 1 is 1.50 bits per heavy atom. The van der Waals surface area contributed by atoms with Crippen molar-refractivity contribution in [3.63, 3.8) is 0 Å². The number of hydrogen-bond acceptors (Lipinski definition) is 3. The zero-order valence-corrected chi connectivity index (χ0v) is 10.7. The topological polar surface area (TPSA) is 33.2 Å². The van der Waals surface area contributed by atoms with E-state index in [0.29, 0.717) is 19.0 Å². The first-order valence-electron chi connectivity index (χ1n) is 6.48. The minimum Gasteiger partial charge on any atom is -0.300 e. The van der Waals surface area contributed by atoms with E-state index in [-0.39, 0.29) is 11.6 Å². The molecule has 1 aliphatic heterocycles. The number of nitrogens with zero attached hydrogens (tertiary/aromatic N) is 2. The second kappa shape index (κ2) is 6.05. The summed E-state index contributed by atoms with van der Waals surface area (Å²) in [6, 6.07) is 1.83. The van der Waals surface area contributed by atoms with E-state index in [1.165, 1.54) is 18.7 Å². The number of ketones is 1. The van der Waals surface area contributed by atoms with E-state index in [9.17, 15) is 9.18 Å². The molecule has 0 bridgehead atoms. The zero-order chi connectivity index (χ0) is 13.0. The van der Waals surface area contributed by atoms with Crippen LogP contribution in [-0.2, 0) is 11.3 Å². The molecule has 1 atom stereocenters. The van der Waals surface area contributed by atoms with Gasteiger partial charge in [0.2, 0.25) is 0 Å². The zero-order valence-electron chi connectivity index (χ0n) is 10.7. The maximum absolute atomic E-state index is 13.1. The van der Waals surface area contributed by atoms with Gasteiger partial charge in [-0.1, -0.05) is 6.42 Å². The van der Waals surface area contributed by atoms with E-state index in [4.69, 9.17) is 0 Å². The molecule has 0 aliphatic carbocycles. The third kappa shape index (κ3) is 3.60. The monoisotopic (exact) mass is 250 g/mol. The van der Waals surface area contributed by atoms with E-state index in [0.717, 1.165) is 24.9 Å². The molecule has 18 heavy (non-hydrogen) atoms. The second-order valence-corrected chi connectivity index (χ2v) is 5.04. The predicted molar refractivity (Wildman–Crippen MR) is 67.5 cm³/mol. The highest BCUT2D eigenvalue weighted by atomic mass is 19.1. The SMILES string of the molecule is CC(=O)CC1CCCCN1Cc1cncc(F)c1. The molecule has 98 valence electrons. The van der Waals surface area contributed by atoms with Gasteiger partial charge >= 0.3 is 0 Å². The van der Waals surface area contributed by atoms with Crippen LogP contribution in [-0.4, -0.2) is 28.3 Å². The van der Waals surface area contributed by atoms with Crippen molar-refractivity contribution in [3.05, 3.63) is 29.8 Å². The number of rotatable bonds is 4. The minimum absolute atomic E-state index is 0.226. The summed E-state index contributed by atoms with van der Waals surface area (Å²) in [6.07, 6.45) is 6.90. The van der Waals surface area contributed by atoms with Gasteiger partial charge in [0.1, 0.15) is 11.6 Å². The van der Waals surface area contributed by atoms with Gasteiger partial charge in [-0.25, -0.2) is 4.39 Å². The van der Waals surface area contributed by atoms with Gasteiger partial charge in [0.15, 0.2) is 0 Å². The number of likely N-dealkylation sites (tertiary alicyclic amines) is 1. The first kappa shape index (κ1) is 13.1. The Balaban J connectivity index is 2.03. The highest BCUT2D eigenvalue weighted by Crippen LogP contribution is 2.22. The molecular formula is C14H19FN2O. The number of carbonyl (C=O) groups is 1. The lowest BCUT2D eigenvalue weighted by Crippen LogP contribution is -2.40. The Hall–Kier alpha value is -1.29. The van der Waals surface area contributed by atoms with Crippen molar-refractivity contribution >= 4 is 5.78 Å². The van der Waals surface area contributed by atoms with Gasteiger partial charge in [-0.3, -0.25) is 14.7 Å². The van der Waals surface area contributed by atoms with Gasteiger partial charge in [-0.15, -0.1) is 0 Å². The van der Waals surface area contributed by atoms with E-state index in [1.54, 1.807) is 13.1 Å². The van der Waals surface area contributed by atoms with Gasteiger partial charge in [-0.2, -0.15) is 0 Å². The first-order chi connectivity index (χ1) is 8.65. The minimum atomic E-state index is -0.298. The summed E-state index contributed by atoms with van der Waals surface area (Å²) in [4.78, 5) is 17.4. The quantitative estimate of drug-likeness (QED) is 0.823. The molecule has 1 aromatic rings. The average Bonchev–Trinajstić information content (AvgIpc) is 2.31. The molecule has 3 nitrogen and oxygen atoms in total. The Morgan fingerprint density at radius 3 is 3.06 bits per heavy atom. The average molecular weight is 250 g/mol. The van der Waals surface area contributed by atoms with E-state index < -0.39 is 0 Å². The maximum Gasteiger partial charge on any atom is 0.141 e. The van der Waals surface area contributed by atoms with Crippen LogP contribution in [0.3, 0.4) is 0 Å². The van der Waals surface area contributed by atoms with Crippen LogP contribution >= 0.6 is 0 Å². The van der Waals surface area contributed by atoms with Crippen LogP contribution in [0.4, 0.5) is 4.39 Å². The molecule has 1 fully saturated rings. The van der Waals surface area contributed by atoms with Gasteiger partial charge in [0.05, 0.1) is 6.20 Å². The molecule has 2 rings (SSSR count). The van der Waals surface area contributed by atoms with Crippen LogP contribution in [0.5, 0.6) is 0 Å². The number of halogens is 1. The number of aromatic nitrogens is 1. The van der Waals surface area contributed by atoms with Gasteiger partial charge in [-0.05, 0) is 37.9 Å². The molecule has 0 spiro atoms. The number of hydrogen-bond donors (Lipinski definition) is 0. The Bertz CT molecular complexity index is 422. The lowest BCUT2D eigenvalue weighted by Gasteiger charge is -2.35. The highest BCUT2D eigenvalue weighted by Gasteiger charge is 2.23. The van der Waals surface area contributed by atoms with Crippen LogP contribution in [0.15, 0.2) is 18.5 Å². The highest BCUT2D eigenvalue weighted by molar-refractivity contribution is 5.76. The summed E-state index contributed by atoms with van der Waals surface area (Å²) < 4.78 is 13.1. The number of piperidine rings is 1. The molecule has 0 saturated carbocycles. The van der Waals surface area contributed by atoms with Crippen molar-refractivity contribution in [3.8, 4) is 0 Å². The van der Waals surface area contributed by atoms with Crippen molar-refractivity contribution in [2.75, 3.05) is 6.54 Å². The number of carbonyl (C=O) groups excluding carboxylic acids is 1. The Morgan fingerprint density at radius 2 is 2.33 bits per heavy atom. The molecule has 1 saturated heterocycles. The summed E-state index contributed by atoms with van der Waals surface area (Å²) in [5.41, 5.74) is 0.880. The van der Waals surface area contributed by atoms with Crippen molar-refractivity contribution in [1.82, 2.24) is 9.88 Å². The second-order valence-electron chi connectivity index (χ2n) is 5.04. The van der Waals surface area contributed by atoms with Gasteiger partial charge in [0.25, 0.3) is 0 Å². The predicted octanol–water partition coefficient (Wildman–Crippen LogP) is 2.55. The Labute approximate surface area is 107 Å².